The van der Waals surface area contributed by atoms with Gasteiger partial charge in [0.15, 0.2) is 6.61 Å². The second kappa shape index (κ2) is 8.59. The predicted molar refractivity (Wildman–Crippen MR) is 85.6 cm³/mol. The Morgan fingerprint density at radius 1 is 1.32 bits per heavy atom. The molecule has 0 saturated carbocycles. The molecule has 0 heterocycles. The zero-order valence-electron chi connectivity index (χ0n) is 12.4. The fraction of sp³-hybridized carbons (Fsp3) is 0.412. The van der Waals surface area contributed by atoms with Gasteiger partial charge in [0.1, 0.15) is 0 Å². The summed E-state index contributed by atoms with van der Waals surface area (Å²) in [5, 5.41) is 3.42. The summed E-state index contributed by atoms with van der Waals surface area (Å²) in [6.45, 7) is 0.275. The lowest BCUT2D eigenvalue weighted by Crippen LogP contribution is -2.31. The predicted octanol–water partition coefficient (Wildman–Crippen LogP) is 2.90. The number of halogens is 1. The molecule has 0 aromatic heterocycles. The van der Waals surface area contributed by atoms with Crippen molar-refractivity contribution in [3.63, 3.8) is 0 Å². The van der Waals surface area contributed by atoms with Crippen molar-refractivity contribution in [3.05, 3.63) is 47.0 Å². The number of esters is 1. The molecule has 0 spiro atoms. The van der Waals surface area contributed by atoms with E-state index in [9.17, 15) is 9.59 Å². The lowest BCUT2D eigenvalue weighted by atomic mass is 9.95. The third-order valence-electron chi connectivity index (χ3n) is 3.57. The van der Waals surface area contributed by atoms with Crippen molar-refractivity contribution in [2.45, 2.75) is 25.7 Å². The molecule has 0 radical (unpaired) electrons. The zero-order chi connectivity index (χ0) is 15.8. The fourth-order valence-electron chi connectivity index (χ4n) is 2.35. The smallest absolute Gasteiger partial charge is 0.309 e. The number of benzene rings is 1. The third-order valence-corrected chi connectivity index (χ3v) is 3.81. The van der Waals surface area contributed by atoms with Crippen LogP contribution in [0.4, 0.5) is 0 Å². The first-order chi connectivity index (χ1) is 10.6. The Hall–Kier alpha value is -1.81. The van der Waals surface area contributed by atoms with Gasteiger partial charge in [-0.25, -0.2) is 0 Å². The van der Waals surface area contributed by atoms with Gasteiger partial charge in [0.2, 0.25) is 0 Å². The molecule has 5 heteroatoms. The Bertz CT molecular complexity index is 557. The van der Waals surface area contributed by atoms with Crippen LogP contribution in [-0.2, 0) is 20.7 Å². The second-order valence-electron chi connectivity index (χ2n) is 5.32. The van der Waals surface area contributed by atoms with Gasteiger partial charge in [-0.15, -0.1) is 0 Å². The average Bonchev–Trinajstić information content (AvgIpc) is 2.53. The van der Waals surface area contributed by atoms with Crippen molar-refractivity contribution < 1.29 is 14.3 Å². The molecule has 1 aliphatic rings. The molecule has 22 heavy (non-hydrogen) atoms. The van der Waals surface area contributed by atoms with Gasteiger partial charge < -0.3 is 10.1 Å². The quantitative estimate of drug-likeness (QED) is 0.647. The first-order valence-corrected chi connectivity index (χ1v) is 7.86. The molecule has 1 N–H and O–H groups in total. The molecule has 4 nitrogen and oxygen atoms in total. The van der Waals surface area contributed by atoms with E-state index in [1.807, 2.05) is 30.3 Å². The summed E-state index contributed by atoms with van der Waals surface area (Å²) in [4.78, 5) is 23.4. The van der Waals surface area contributed by atoms with Crippen LogP contribution in [0.2, 0.25) is 5.02 Å². The highest BCUT2D eigenvalue weighted by atomic mass is 35.5. The number of allylic oxidation sites excluding steroid dienone is 2. The molecular weight excluding hydrogens is 302 g/mol. The SMILES string of the molecule is O=C(COC(=O)[C@H]1CC=CCC1)NCCc1cccc(Cl)c1. The number of amides is 1. The third kappa shape index (κ3) is 5.53. The number of hydrogen-bond donors (Lipinski definition) is 1. The summed E-state index contributed by atoms with van der Waals surface area (Å²) in [6, 6.07) is 7.50. The molecule has 118 valence electrons. The van der Waals surface area contributed by atoms with E-state index in [4.69, 9.17) is 16.3 Å². The molecule has 1 atom stereocenters. The Labute approximate surface area is 135 Å². The zero-order valence-corrected chi connectivity index (χ0v) is 13.1. The van der Waals surface area contributed by atoms with E-state index in [0.717, 1.165) is 18.4 Å². The molecule has 0 bridgehead atoms. The summed E-state index contributed by atoms with van der Waals surface area (Å²) in [5.74, 6) is -0.666. The number of ether oxygens (including phenoxy) is 1. The van der Waals surface area contributed by atoms with Crippen molar-refractivity contribution in [3.8, 4) is 0 Å². The van der Waals surface area contributed by atoms with Gasteiger partial charge >= 0.3 is 5.97 Å². The lowest BCUT2D eigenvalue weighted by molar-refractivity contribution is -0.152. The summed E-state index contributed by atoms with van der Waals surface area (Å²) in [6.07, 6.45) is 7.13. The molecule has 2 rings (SSSR count). The first-order valence-electron chi connectivity index (χ1n) is 7.48. The van der Waals surface area contributed by atoms with Crippen LogP contribution >= 0.6 is 11.6 Å². The van der Waals surface area contributed by atoms with Gasteiger partial charge in [-0.2, -0.15) is 0 Å². The average molecular weight is 322 g/mol. The van der Waals surface area contributed by atoms with Gasteiger partial charge in [0.05, 0.1) is 5.92 Å². The van der Waals surface area contributed by atoms with Crippen molar-refractivity contribution >= 4 is 23.5 Å². The second-order valence-corrected chi connectivity index (χ2v) is 5.76. The number of carbonyl (C=O) groups excluding carboxylic acids is 2. The topological polar surface area (TPSA) is 55.4 Å². The number of nitrogens with one attached hydrogen (secondary N) is 1. The molecule has 1 aliphatic carbocycles. The van der Waals surface area contributed by atoms with Gasteiger partial charge in [0, 0.05) is 11.6 Å². The summed E-state index contributed by atoms with van der Waals surface area (Å²) >= 11 is 5.90. The van der Waals surface area contributed by atoms with Crippen LogP contribution in [0.1, 0.15) is 24.8 Å². The van der Waals surface area contributed by atoms with Crippen LogP contribution in [-0.4, -0.2) is 25.0 Å². The molecular formula is C17H20ClNO3. The van der Waals surface area contributed by atoms with Crippen LogP contribution < -0.4 is 5.32 Å². The number of carbonyl (C=O) groups is 2. The first kappa shape index (κ1) is 16.6. The Balaban J connectivity index is 1.63. The van der Waals surface area contributed by atoms with Crippen LogP contribution in [0.25, 0.3) is 0 Å². The van der Waals surface area contributed by atoms with E-state index in [1.165, 1.54) is 0 Å². The molecule has 1 aromatic carbocycles. The minimum absolute atomic E-state index is 0.107. The molecule has 0 saturated heterocycles. The maximum absolute atomic E-state index is 11.8. The molecule has 0 fully saturated rings. The highest BCUT2D eigenvalue weighted by Crippen LogP contribution is 2.19. The number of hydrogen-bond acceptors (Lipinski definition) is 3. The van der Waals surface area contributed by atoms with Gasteiger partial charge in [0.25, 0.3) is 5.91 Å². The standard InChI is InChI=1S/C17H20ClNO3/c18-15-8-4-5-13(11-15)9-10-19-16(20)12-22-17(21)14-6-2-1-3-7-14/h1-2,4-5,8,11,14H,3,6-7,9-10,12H2,(H,19,20)/t14-/m0/s1. The molecule has 1 amide bonds. The van der Waals surface area contributed by atoms with E-state index >= 15 is 0 Å². The van der Waals surface area contributed by atoms with Crippen LogP contribution in [0.15, 0.2) is 36.4 Å². The van der Waals surface area contributed by atoms with E-state index in [1.54, 1.807) is 0 Å². The van der Waals surface area contributed by atoms with E-state index in [0.29, 0.717) is 24.4 Å². The van der Waals surface area contributed by atoms with Crippen LogP contribution in [0.3, 0.4) is 0 Å². The highest BCUT2D eigenvalue weighted by Gasteiger charge is 2.20. The van der Waals surface area contributed by atoms with Crippen molar-refractivity contribution in [1.29, 1.82) is 0 Å². The molecule has 1 aromatic rings. The highest BCUT2D eigenvalue weighted by molar-refractivity contribution is 6.30. The van der Waals surface area contributed by atoms with E-state index in [-0.39, 0.29) is 24.4 Å². The molecule has 0 unspecified atom stereocenters. The number of rotatable bonds is 6. The Morgan fingerprint density at radius 2 is 2.18 bits per heavy atom. The van der Waals surface area contributed by atoms with Crippen molar-refractivity contribution in [2.24, 2.45) is 5.92 Å². The summed E-state index contributed by atoms with van der Waals surface area (Å²) in [7, 11) is 0. The summed E-state index contributed by atoms with van der Waals surface area (Å²) in [5.41, 5.74) is 1.05. The maximum Gasteiger partial charge on any atom is 0.309 e. The normalized spacial score (nSPS) is 17.0. The summed E-state index contributed by atoms with van der Waals surface area (Å²) < 4.78 is 5.06. The minimum atomic E-state index is -0.283. The Morgan fingerprint density at radius 3 is 2.91 bits per heavy atom. The van der Waals surface area contributed by atoms with Gasteiger partial charge in [-0.1, -0.05) is 35.9 Å². The van der Waals surface area contributed by atoms with Crippen molar-refractivity contribution in [1.82, 2.24) is 5.32 Å². The Kier molecular flexibility index (Phi) is 6.46. The monoisotopic (exact) mass is 321 g/mol. The lowest BCUT2D eigenvalue weighted by Gasteiger charge is -2.16. The minimum Gasteiger partial charge on any atom is -0.455 e. The van der Waals surface area contributed by atoms with Crippen LogP contribution in [0, 0.1) is 5.92 Å². The van der Waals surface area contributed by atoms with E-state index in [2.05, 4.69) is 11.4 Å². The van der Waals surface area contributed by atoms with Crippen LogP contribution in [0.5, 0.6) is 0 Å². The van der Waals surface area contributed by atoms with Gasteiger partial charge in [-0.05, 0) is 43.4 Å². The largest absolute Gasteiger partial charge is 0.455 e. The van der Waals surface area contributed by atoms with Gasteiger partial charge in [-0.3, -0.25) is 9.59 Å². The molecule has 0 aliphatic heterocycles. The van der Waals surface area contributed by atoms with Crippen molar-refractivity contribution in [2.75, 3.05) is 13.2 Å². The fourth-order valence-corrected chi connectivity index (χ4v) is 2.56. The maximum atomic E-state index is 11.8. The van der Waals surface area contributed by atoms with E-state index < -0.39 is 0 Å².